The van der Waals surface area contributed by atoms with Gasteiger partial charge in [-0.05, 0) is 29.8 Å². The molecule has 0 bridgehead atoms. The van der Waals surface area contributed by atoms with Gasteiger partial charge in [-0.2, -0.15) is 0 Å². The average Bonchev–Trinajstić information content (AvgIpc) is 2.68. The minimum atomic E-state index is -0.986. The Bertz CT molecular complexity index is 986. The van der Waals surface area contributed by atoms with Crippen LogP contribution in [0.5, 0.6) is 0 Å². The molecule has 0 radical (unpaired) electrons. The topological polar surface area (TPSA) is 90.8 Å². The molecule has 7 heteroatoms. The van der Waals surface area contributed by atoms with Crippen LogP contribution in [-0.4, -0.2) is 59.0 Å². The molecule has 0 saturated carbocycles. The molecule has 1 saturated heterocycles. The summed E-state index contributed by atoms with van der Waals surface area (Å²) in [6, 6.07) is 8.20. The fourth-order valence-corrected chi connectivity index (χ4v) is 3.06. The number of aromatic carboxylic acids is 1. The van der Waals surface area contributed by atoms with Gasteiger partial charge in [0.15, 0.2) is 0 Å². The lowest BCUT2D eigenvalue weighted by molar-refractivity contribution is 0.0697. The van der Waals surface area contributed by atoms with Crippen LogP contribution < -0.4 is 15.3 Å². The van der Waals surface area contributed by atoms with Gasteiger partial charge in [0.05, 0.1) is 10.4 Å². The third-order valence-corrected chi connectivity index (χ3v) is 4.40. The number of anilines is 1. The number of rotatable bonds is 4. The molecule has 132 valence electrons. The van der Waals surface area contributed by atoms with E-state index in [-0.39, 0.29) is 16.0 Å². The van der Waals surface area contributed by atoms with Crippen molar-refractivity contribution in [3.63, 3.8) is 0 Å². The second kappa shape index (κ2) is 7.76. The summed E-state index contributed by atoms with van der Waals surface area (Å²) in [6.45, 7) is 3.42. The predicted octanol–water partition coefficient (Wildman–Crippen LogP) is -0.892. The maximum atomic E-state index is 11.3. The highest BCUT2D eigenvalue weighted by atomic mass is 16.4. The first-order valence-electron chi connectivity index (χ1n) is 8.17. The minimum absolute atomic E-state index is 0.202. The van der Waals surface area contributed by atoms with Crippen LogP contribution in [0.3, 0.4) is 0 Å². The number of carboxylic acid groups (broad SMARTS) is 1. The first kappa shape index (κ1) is 17.6. The summed E-state index contributed by atoms with van der Waals surface area (Å²) in [5.41, 5.74) is 1.12. The van der Waals surface area contributed by atoms with Gasteiger partial charge in [0, 0.05) is 38.9 Å². The lowest BCUT2D eigenvalue weighted by Crippen LogP contribution is -2.46. The van der Waals surface area contributed by atoms with Crippen LogP contribution in [0, 0.1) is 0 Å². The van der Waals surface area contributed by atoms with E-state index < -0.39 is 5.97 Å². The largest absolute Gasteiger partial charge is 0.478 e. The summed E-state index contributed by atoms with van der Waals surface area (Å²) in [5.74, 6) is 3.00. The number of aromatic nitrogens is 1. The summed E-state index contributed by atoms with van der Waals surface area (Å²) in [6.07, 6.45) is 1.59. The second-order valence-electron chi connectivity index (χ2n) is 6.03. The Hall–Kier alpha value is -3.24. The number of carbonyl (C=O) groups excluding carboxylic acids is 2. The zero-order valence-electron chi connectivity index (χ0n) is 14.0. The summed E-state index contributed by atoms with van der Waals surface area (Å²) in [5, 5.41) is 9.73. The van der Waals surface area contributed by atoms with Gasteiger partial charge in [-0.25, -0.2) is 19.4 Å². The van der Waals surface area contributed by atoms with E-state index in [9.17, 15) is 19.5 Å². The number of piperazine rings is 1. The molecule has 2 heterocycles. The molecule has 0 unspecified atom stereocenters. The third-order valence-electron chi connectivity index (χ3n) is 4.40. The summed E-state index contributed by atoms with van der Waals surface area (Å²) < 4.78 is 0. The molecule has 0 spiro atoms. The summed E-state index contributed by atoms with van der Waals surface area (Å²) in [4.78, 5) is 41.4. The number of carbonyl (C=O) groups is 1. The average molecular weight is 351 g/mol. The molecule has 1 aliphatic rings. The monoisotopic (exact) mass is 351 g/mol. The number of nitrogens with zero attached hydrogens (tertiary/aromatic N) is 3. The summed E-state index contributed by atoms with van der Waals surface area (Å²) in [7, 11) is 0. The Morgan fingerprint density at radius 2 is 1.81 bits per heavy atom. The van der Waals surface area contributed by atoms with Gasteiger partial charge in [-0.3, -0.25) is 4.90 Å². The summed E-state index contributed by atoms with van der Waals surface area (Å²) >= 11 is 0. The zero-order chi connectivity index (χ0) is 18.5. The first-order chi connectivity index (χ1) is 12.6. The number of carboxylic acids is 1. The van der Waals surface area contributed by atoms with Crippen LogP contribution in [0.25, 0.3) is 0 Å². The molecule has 1 aliphatic heterocycles. The quantitative estimate of drug-likeness (QED) is 0.764. The molecular weight excluding hydrogens is 334 g/mol. The van der Waals surface area contributed by atoms with Gasteiger partial charge in [0.1, 0.15) is 23.3 Å². The number of benzene rings is 1. The van der Waals surface area contributed by atoms with Gasteiger partial charge in [0.2, 0.25) is 0 Å². The third kappa shape index (κ3) is 3.71. The molecule has 3 rings (SSSR count). The molecule has 1 aromatic heterocycles. The number of hydrogen-bond donors (Lipinski definition) is 1. The van der Waals surface area contributed by atoms with Crippen molar-refractivity contribution in [3.05, 3.63) is 58.1 Å². The van der Waals surface area contributed by atoms with Crippen LogP contribution >= 0.6 is 0 Å². The standard InChI is InChI=1S/C19H17N3O4/c23-12-15-4-3-14(10-16(15)13-24)11-21-6-8-22(9-7-21)18-17(19(25)26)2-1-5-20-18/h1-5,10H,6-9,11H2,(H,25,26). The van der Waals surface area contributed by atoms with Crippen molar-refractivity contribution < 1.29 is 19.5 Å². The van der Waals surface area contributed by atoms with E-state index in [0.717, 1.165) is 18.7 Å². The fraction of sp³-hybridized carbons (Fsp3) is 0.263. The Morgan fingerprint density at radius 3 is 2.46 bits per heavy atom. The SMILES string of the molecule is O=C=c1ccc(CN2CCN(c3ncccc3C(=O)O)CC2)cc1=C=O. The predicted molar refractivity (Wildman–Crippen MR) is 94.0 cm³/mol. The maximum Gasteiger partial charge on any atom is 0.339 e. The molecule has 1 N–H and O–H groups in total. The van der Waals surface area contributed by atoms with E-state index in [0.29, 0.717) is 25.5 Å². The molecule has 26 heavy (non-hydrogen) atoms. The van der Waals surface area contributed by atoms with Crippen LogP contribution in [0.1, 0.15) is 15.9 Å². The molecule has 0 atom stereocenters. The van der Waals surface area contributed by atoms with Crippen LogP contribution in [-0.2, 0) is 16.1 Å². The highest BCUT2D eigenvalue weighted by Gasteiger charge is 2.22. The fourth-order valence-electron chi connectivity index (χ4n) is 3.06. The Labute approximate surface area is 149 Å². The van der Waals surface area contributed by atoms with Crippen molar-refractivity contribution in [2.45, 2.75) is 6.54 Å². The lowest BCUT2D eigenvalue weighted by atomic mass is 10.1. The van der Waals surface area contributed by atoms with Crippen molar-refractivity contribution in [3.8, 4) is 0 Å². The van der Waals surface area contributed by atoms with Gasteiger partial charge >= 0.3 is 5.97 Å². The van der Waals surface area contributed by atoms with Crippen LogP contribution in [0.2, 0.25) is 0 Å². The Balaban J connectivity index is 1.69. The molecule has 1 aromatic carbocycles. The molecule has 0 aliphatic carbocycles. The molecule has 0 amide bonds. The second-order valence-corrected chi connectivity index (χ2v) is 6.03. The van der Waals surface area contributed by atoms with E-state index in [1.54, 1.807) is 48.4 Å². The molecule has 2 aromatic rings. The van der Waals surface area contributed by atoms with Gasteiger partial charge in [-0.15, -0.1) is 0 Å². The van der Waals surface area contributed by atoms with E-state index in [2.05, 4.69) is 9.88 Å². The van der Waals surface area contributed by atoms with Crippen molar-refractivity contribution in [2.75, 3.05) is 31.1 Å². The van der Waals surface area contributed by atoms with E-state index in [4.69, 9.17) is 0 Å². The van der Waals surface area contributed by atoms with Crippen molar-refractivity contribution in [1.29, 1.82) is 0 Å². The molecular formula is C19H17N3O4. The van der Waals surface area contributed by atoms with Crippen LogP contribution in [0.15, 0.2) is 36.5 Å². The van der Waals surface area contributed by atoms with Crippen molar-refractivity contribution in [1.82, 2.24) is 9.88 Å². The van der Waals surface area contributed by atoms with Crippen LogP contribution in [0.4, 0.5) is 5.82 Å². The number of hydrogen-bond acceptors (Lipinski definition) is 6. The van der Waals surface area contributed by atoms with Gasteiger partial charge in [0.25, 0.3) is 0 Å². The van der Waals surface area contributed by atoms with Gasteiger partial charge in [-0.1, -0.05) is 6.07 Å². The van der Waals surface area contributed by atoms with E-state index >= 15 is 0 Å². The van der Waals surface area contributed by atoms with E-state index in [1.807, 2.05) is 4.90 Å². The lowest BCUT2D eigenvalue weighted by Gasteiger charge is -2.35. The molecule has 1 fully saturated rings. The number of pyridine rings is 1. The highest BCUT2D eigenvalue weighted by Crippen LogP contribution is 2.19. The smallest absolute Gasteiger partial charge is 0.339 e. The zero-order valence-corrected chi connectivity index (χ0v) is 14.0. The minimum Gasteiger partial charge on any atom is -0.478 e. The van der Waals surface area contributed by atoms with Crippen molar-refractivity contribution in [2.24, 2.45) is 0 Å². The Morgan fingerprint density at radius 1 is 1.08 bits per heavy atom. The van der Waals surface area contributed by atoms with Gasteiger partial charge < -0.3 is 10.0 Å². The van der Waals surface area contributed by atoms with E-state index in [1.165, 1.54) is 0 Å². The Kier molecular flexibility index (Phi) is 5.25. The highest BCUT2D eigenvalue weighted by molar-refractivity contribution is 5.93. The maximum absolute atomic E-state index is 11.3. The van der Waals surface area contributed by atoms with Crippen molar-refractivity contribution >= 4 is 23.7 Å². The normalized spacial score (nSPS) is 14.5. The first-order valence-corrected chi connectivity index (χ1v) is 8.17. The molecule has 7 nitrogen and oxygen atoms in total.